The summed E-state index contributed by atoms with van der Waals surface area (Å²) in [6.45, 7) is 8.01. The third-order valence-electron chi connectivity index (χ3n) is 3.16. The number of amides is 1. The molecule has 4 heteroatoms. The quantitative estimate of drug-likeness (QED) is 0.798. The highest BCUT2D eigenvalue weighted by Gasteiger charge is 2.30. The van der Waals surface area contributed by atoms with Crippen LogP contribution in [-0.4, -0.2) is 34.4 Å². The molecule has 0 atom stereocenters. The van der Waals surface area contributed by atoms with Crippen molar-refractivity contribution >= 4 is 30.3 Å². The first-order valence-corrected chi connectivity index (χ1v) is 7.55. The van der Waals surface area contributed by atoms with Gasteiger partial charge in [0.05, 0.1) is 0 Å². The molecule has 1 saturated heterocycles. The van der Waals surface area contributed by atoms with E-state index < -0.39 is 0 Å². The number of hydrogen-bond acceptors (Lipinski definition) is 3. The molecule has 0 spiro atoms. The molecule has 0 N–H and O–H groups in total. The first-order chi connectivity index (χ1) is 8.39. The summed E-state index contributed by atoms with van der Waals surface area (Å²) >= 11 is 6.25. The Morgan fingerprint density at radius 3 is 2.83 bits per heavy atom. The summed E-state index contributed by atoms with van der Waals surface area (Å²) in [6.07, 6.45) is 0. The van der Waals surface area contributed by atoms with Gasteiger partial charge < -0.3 is 4.90 Å². The van der Waals surface area contributed by atoms with E-state index in [1.54, 1.807) is 0 Å². The molecule has 0 bridgehead atoms. The molecule has 0 radical (unpaired) electrons. The number of nitrogens with zero attached hydrogens (tertiary/aromatic N) is 1. The highest BCUT2D eigenvalue weighted by Crippen LogP contribution is 2.30. The van der Waals surface area contributed by atoms with Crippen LogP contribution in [0.3, 0.4) is 0 Å². The number of rotatable bonds is 1. The number of carbonyl (C=O) groups excluding carboxylic acids is 1. The number of thioether (sulfide) groups is 1. The first kappa shape index (κ1) is 13.8. The average molecular weight is 281 g/mol. The van der Waals surface area contributed by atoms with E-state index in [1.807, 2.05) is 41.8 Å². The minimum Gasteiger partial charge on any atom is -0.336 e. The lowest BCUT2D eigenvalue weighted by atomic mass is 10.1. The summed E-state index contributed by atoms with van der Waals surface area (Å²) in [5.41, 5.74) is 1.80. The lowest BCUT2D eigenvalue weighted by Gasteiger charge is -2.37. The Labute approximate surface area is 119 Å². The number of thiol groups is 1. The van der Waals surface area contributed by atoms with Crippen LogP contribution in [0.2, 0.25) is 0 Å². The summed E-state index contributed by atoms with van der Waals surface area (Å²) in [4.78, 5) is 15.3. The maximum absolute atomic E-state index is 12.5. The molecule has 0 saturated carbocycles. The van der Waals surface area contributed by atoms with Crippen LogP contribution in [0, 0.1) is 6.92 Å². The van der Waals surface area contributed by atoms with Crippen molar-refractivity contribution in [2.45, 2.75) is 30.4 Å². The SMILES string of the molecule is Cc1ccc(S)cc1C(=O)N1CCSC(C)(C)C1. The van der Waals surface area contributed by atoms with E-state index in [2.05, 4.69) is 26.5 Å². The van der Waals surface area contributed by atoms with Crippen LogP contribution >= 0.6 is 24.4 Å². The van der Waals surface area contributed by atoms with Crippen molar-refractivity contribution in [3.8, 4) is 0 Å². The van der Waals surface area contributed by atoms with Crippen molar-refractivity contribution < 1.29 is 4.79 Å². The molecule has 1 aromatic rings. The molecular formula is C14H19NOS2. The van der Waals surface area contributed by atoms with Crippen molar-refractivity contribution in [2.75, 3.05) is 18.8 Å². The van der Waals surface area contributed by atoms with Crippen LogP contribution in [-0.2, 0) is 0 Å². The molecule has 1 aliphatic rings. The second-order valence-corrected chi connectivity index (χ2v) is 7.65. The summed E-state index contributed by atoms with van der Waals surface area (Å²) < 4.78 is 0.153. The molecule has 1 fully saturated rings. The number of carbonyl (C=O) groups is 1. The number of benzene rings is 1. The molecular weight excluding hydrogens is 262 g/mol. The predicted molar refractivity (Wildman–Crippen MR) is 80.9 cm³/mol. The van der Waals surface area contributed by atoms with Gasteiger partial charge in [-0.2, -0.15) is 11.8 Å². The van der Waals surface area contributed by atoms with Gasteiger partial charge in [0, 0.05) is 34.0 Å². The zero-order valence-electron chi connectivity index (χ0n) is 11.1. The van der Waals surface area contributed by atoms with Crippen molar-refractivity contribution in [3.63, 3.8) is 0 Å². The van der Waals surface area contributed by atoms with Crippen LogP contribution in [0.5, 0.6) is 0 Å². The Morgan fingerprint density at radius 1 is 1.44 bits per heavy atom. The molecule has 0 aliphatic carbocycles. The smallest absolute Gasteiger partial charge is 0.254 e. The monoisotopic (exact) mass is 281 g/mol. The molecule has 0 unspecified atom stereocenters. The topological polar surface area (TPSA) is 20.3 Å². The normalized spacial score (nSPS) is 18.8. The zero-order chi connectivity index (χ0) is 13.3. The minimum atomic E-state index is 0.136. The van der Waals surface area contributed by atoms with E-state index in [0.717, 1.165) is 34.9 Å². The third-order valence-corrected chi connectivity index (χ3v) is 4.74. The second kappa shape index (κ2) is 5.17. The van der Waals surface area contributed by atoms with Crippen molar-refractivity contribution in [2.24, 2.45) is 0 Å². The Kier molecular flexibility index (Phi) is 3.97. The largest absolute Gasteiger partial charge is 0.336 e. The molecule has 2 rings (SSSR count). The summed E-state index contributed by atoms with van der Waals surface area (Å²) in [5, 5.41) is 0. The van der Waals surface area contributed by atoms with E-state index in [1.165, 1.54) is 0 Å². The fraction of sp³-hybridized carbons (Fsp3) is 0.500. The van der Waals surface area contributed by atoms with Gasteiger partial charge in [-0.15, -0.1) is 12.6 Å². The van der Waals surface area contributed by atoms with Gasteiger partial charge in [-0.3, -0.25) is 4.79 Å². The Balaban J connectivity index is 2.23. The van der Waals surface area contributed by atoms with E-state index in [0.29, 0.717) is 0 Å². The van der Waals surface area contributed by atoms with Gasteiger partial charge in [0.25, 0.3) is 5.91 Å². The van der Waals surface area contributed by atoms with Crippen LogP contribution in [0.25, 0.3) is 0 Å². The van der Waals surface area contributed by atoms with Crippen LogP contribution < -0.4 is 0 Å². The highest BCUT2D eigenvalue weighted by atomic mass is 32.2. The van der Waals surface area contributed by atoms with Gasteiger partial charge >= 0.3 is 0 Å². The summed E-state index contributed by atoms with van der Waals surface area (Å²) in [6, 6.07) is 5.75. The lowest BCUT2D eigenvalue weighted by Crippen LogP contribution is -2.46. The fourth-order valence-corrected chi connectivity index (χ4v) is 3.52. The van der Waals surface area contributed by atoms with E-state index in [-0.39, 0.29) is 10.7 Å². The van der Waals surface area contributed by atoms with Gasteiger partial charge in [-0.1, -0.05) is 6.07 Å². The molecule has 1 aromatic carbocycles. The molecule has 98 valence electrons. The van der Waals surface area contributed by atoms with Crippen LogP contribution in [0.15, 0.2) is 23.1 Å². The zero-order valence-corrected chi connectivity index (χ0v) is 12.8. The van der Waals surface area contributed by atoms with Crippen LogP contribution in [0.4, 0.5) is 0 Å². The molecule has 0 aromatic heterocycles. The highest BCUT2D eigenvalue weighted by molar-refractivity contribution is 8.00. The Bertz CT molecular complexity index is 471. The van der Waals surface area contributed by atoms with Crippen LogP contribution in [0.1, 0.15) is 29.8 Å². The van der Waals surface area contributed by atoms with Crippen molar-refractivity contribution in [1.82, 2.24) is 4.90 Å². The van der Waals surface area contributed by atoms with E-state index in [9.17, 15) is 4.79 Å². The Morgan fingerprint density at radius 2 is 2.17 bits per heavy atom. The molecule has 1 amide bonds. The lowest BCUT2D eigenvalue weighted by molar-refractivity contribution is 0.0747. The maximum atomic E-state index is 12.5. The van der Waals surface area contributed by atoms with E-state index in [4.69, 9.17) is 0 Å². The van der Waals surface area contributed by atoms with Gasteiger partial charge in [0.2, 0.25) is 0 Å². The fourth-order valence-electron chi connectivity index (χ4n) is 2.20. The average Bonchev–Trinajstić information content (AvgIpc) is 2.30. The van der Waals surface area contributed by atoms with Gasteiger partial charge in [-0.25, -0.2) is 0 Å². The number of aryl methyl sites for hydroxylation is 1. The van der Waals surface area contributed by atoms with Gasteiger partial charge in [-0.05, 0) is 38.5 Å². The standard InChI is InChI=1S/C14H19NOS2/c1-10-4-5-11(17)8-12(10)13(16)15-6-7-18-14(2,3)9-15/h4-5,8,17H,6-7,9H2,1-3H3. The summed E-state index contributed by atoms with van der Waals surface area (Å²) in [5.74, 6) is 1.15. The third kappa shape index (κ3) is 3.04. The summed E-state index contributed by atoms with van der Waals surface area (Å²) in [7, 11) is 0. The molecule has 1 heterocycles. The molecule has 2 nitrogen and oxygen atoms in total. The van der Waals surface area contributed by atoms with E-state index >= 15 is 0 Å². The maximum Gasteiger partial charge on any atom is 0.254 e. The van der Waals surface area contributed by atoms with Gasteiger partial charge in [0.1, 0.15) is 0 Å². The minimum absolute atomic E-state index is 0.136. The molecule has 18 heavy (non-hydrogen) atoms. The van der Waals surface area contributed by atoms with Crippen molar-refractivity contribution in [1.29, 1.82) is 0 Å². The second-order valence-electron chi connectivity index (χ2n) is 5.33. The predicted octanol–water partition coefficient (Wildman–Crippen LogP) is 3.25. The van der Waals surface area contributed by atoms with Crippen molar-refractivity contribution in [3.05, 3.63) is 29.3 Å². The Hall–Kier alpha value is -0.610. The molecule has 1 aliphatic heterocycles. The first-order valence-electron chi connectivity index (χ1n) is 6.12. The number of hydrogen-bond donors (Lipinski definition) is 1. The van der Waals surface area contributed by atoms with Gasteiger partial charge in [0.15, 0.2) is 0 Å².